The van der Waals surface area contributed by atoms with Crippen LogP contribution in [0.4, 0.5) is 37.9 Å². The Kier molecular flexibility index (Phi) is 6.26. The number of nitrogen functional groups attached to an aromatic ring is 1. The highest BCUT2D eigenvalue weighted by molar-refractivity contribution is 6.03. The second kappa shape index (κ2) is 9.04. The van der Waals surface area contributed by atoms with Crippen molar-refractivity contribution in [2.24, 2.45) is 0 Å². The average Bonchev–Trinajstić information content (AvgIpc) is 3.18. The van der Waals surface area contributed by atoms with Crippen LogP contribution in [0, 0.1) is 0 Å². The number of rotatable bonds is 4. The molecule has 1 aliphatic rings. The van der Waals surface area contributed by atoms with E-state index in [-0.39, 0.29) is 48.9 Å². The molecule has 13 heteroatoms. The van der Waals surface area contributed by atoms with Gasteiger partial charge >= 0.3 is 12.5 Å². The Hall–Kier alpha value is -3.90. The Balaban J connectivity index is 1.51. The summed E-state index contributed by atoms with van der Waals surface area (Å²) in [6, 6.07) is 9.75. The summed E-state index contributed by atoms with van der Waals surface area (Å²) in [6.07, 6.45) is -9.38. The molecular weight excluding hydrogens is 482 g/mol. The zero-order valence-corrected chi connectivity index (χ0v) is 17.9. The number of anilines is 2. The third-order valence-electron chi connectivity index (χ3n) is 5.38. The van der Waals surface area contributed by atoms with Crippen LogP contribution in [-0.4, -0.2) is 48.5 Å². The van der Waals surface area contributed by atoms with Crippen LogP contribution in [0.3, 0.4) is 0 Å². The number of nitrogens with zero attached hydrogens (tertiary/aromatic N) is 3. The molecule has 3 aromatic rings. The van der Waals surface area contributed by atoms with E-state index < -0.39 is 29.8 Å². The van der Waals surface area contributed by atoms with Gasteiger partial charge in [-0.1, -0.05) is 23.4 Å². The number of nitrogens with two attached hydrogens (primary N) is 1. The number of alkyl halides is 6. The number of carbonyl (C=O) groups excluding carboxylic acids is 1. The van der Waals surface area contributed by atoms with E-state index in [4.69, 9.17) is 10.3 Å². The fourth-order valence-electron chi connectivity index (χ4n) is 3.75. The predicted molar refractivity (Wildman–Crippen MR) is 113 cm³/mol. The maximum atomic E-state index is 13.2. The second-order valence-corrected chi connectivity index (χ2v) is 7.67. The molecule has 35 heavy (non-hydrogen) atoms. The maximum absolute atomic E-state index is 13.2. The highest BCUT2D eigenvalue weighted by atomic mass is 19.4. The minimum Gasteiger partial charge on any atom is -0.406 e. The van der Waals surface area contributed by atoms with Crippen molar-refractivity contribution < 1.29 is 40.4 Å². The SMILES string of the molecule is Nc1onc(-c2cccc(OC(F)(F)F)c2)c1C(=O)N1CCN(c2cccc(C(F)(F)F)c2)CC1. The first-order chi connectivity index (χ1) is 16.4. The summed E-state index contributed by atoms with van der Waals surface area (Å²) < 4.78 is 85.6. The van der Waals surface area contributed by atoms with Gasteiger partial charge in [-0.15, -0.1) is 13.2 Å². The average molecular weight is 500 g/mol. The van der Waals surface area contributed by atoms with E-state index >= 15 is 0 Å². The number of piperazine rings is 1. The Bertz CT molecular complexity index is 1220. The van der Waals surface area contributed by atoms with Crippen molar-refractivity contribution in [1.82, 2.24) is 10.1 Å². The van der Waals surface area contributed by atoms with Crippen molar-refractivity contribution in [3.8, 4) is 17.0 Å². The molecule has 2 aromatic carbocycles. The highest BCUT2D eigenvalue weighted by Gasteiger charge is 2.33. The van der Waals surface area contributed by atoms with Crippen LogP contribution in [0.1, 0.15) is 15.9 Å². The van der Waals surface area contributed by atoms with Crippen LogP contribution in [0.25, 0.3) is 11.3 Å². The Morgan fingerprint density at radius 2 is 1.66 bits per heavy atom. The molecular formula is C22H18F6N4O3. The van der Waals surface area contributed by atoms with Gasteiger partial charge in [0.15, 0.2) is 0 Å². The van der Waals surface area contributed by atoms with Gasteiger partial charge in [0.05, 0.1) is 5.56 Å². The molecule has 0 radical (unpaired) electrons. The van der Waals surface area contributed by atoms with Gasteiger partial charge in [-0.05, 0) is 30.3 Å². The zero-order valence-electron chi connectivity index (χ0n) is 17.9. The number of amides is 1. The summed E-state index contributed by atoms with van der Waals surface area (Å²) in [5.41, 5.74) is 5.34. The first-order valence-corrected chi connectivity index (χ1v) is 10.3. The van der Waals surface area contributed by atoms with Crippen molar-refractivity contribution in [2.75, 3.05) is 36.8 Å². The Morgan fingerprint density at radius 1 is 0.971 bits per heavy atom. The summed E-state index contributed by atoms with van der Waals surface area (Å²) >= 11 is 0. The monoisotopic (exact) mass is 500 g/mol. The van der Waals surface area contributed by atoms with E-state index in [2.05, 4.69) is 9.89 Å². The molecule has 0 bridgehead atoms. The molecule has 0 saturated carbocycles. The van der Waals surface area contributed by atoms with E-state index in [1.54, 1.807) is 11.0 Å². The van der Waals surface area contributed by atoms with Gasteiger partial charge in [0, 0.05) is 37.4 Å². The van der Waals surface area contributed by atoms with Gasteiger partial charge in [-0.25, -0.2) is 0 Å². The third-order valence-corrected chi connectivity index (χ3v) is 5.38. The topological polar surface area (TPSA) is 84.8 Å². The van der Waals surface area contributed by atoms with Crippen molar-refractivity contribution in [3.05, 3.63) is 59.7 Å². The lowest BCUT2D eigenvalue weighted by Gasteiger charge is -2.36. The minimum atomic E-state index is -4.90. The molecule has 1 amide bonds. The van der Waals surface area contributed by atoms with E-state index in [1.165, 1.54) is 23.1 Å². The third kappa shape index (κ3) is 5.44. The lowest BCUT2D eigenvalue weighted by Crippen LogP contribution is -2.49. The van der Waals surface area contributed by atoms with Crippen molar-refractivity contribution in [2.45, 2.75) is 12.5 Å². The van der Waals surface area contributed by atoms with E-state index in [0.29, 0.717) is 5.69 Å². The first kappa shape index (κ1) is 24.2. The summed E-state index contributed by atoms with van der Waals surface area (Å²) in [5, 5.41) is 3.73. The smallest absolute Gasteiger partial charge is 0.406 e. The number of carbonyl (C=O) groups is 1. The van der Waals surface area contributed by atoms with E-state index in [0.717, 1.165) is 24.3 Å². The van der Waals surface area contributed by atoms with Crippen molar-refractivity contribution in [1.29, 1.82) is 0 Å². The molecule has 7 nitrogen and oxygen atoms in total. The van der Waals surface area contributed by atoms with Crippen LogP contribution in [0.2, 0.25) is 0 Å². The molecule has 1 aliphatic heterocycles. The van der Waals surface area contributed by atoms with Crippen molar-refractivity contribution in [3.63, 3.8) is 0 Å². The molecule has 0 aliphatic carbocycles. The molecule has 0 spiro atoms. The number of ether oxygens (including phenoxy) is 1. The van der Waals surface area contributed by atoms with Gasteiger partial charge in [-0.2, -0.15) is 13.2 Å². The fourth-order valence-corrected chi connectivity index (χ4v) is 3.75. The van der Waals surface area contributed by atoms with Crippen LogP contribution >= 0.6 is 0 Å². The highest BCUT2D eigenvalue weighted by Crippen LogP contribution is 2.34. The molecule has 1 fully saturated rings. The Labute approximate surface area is 194 Å². The summed E-state index contributed by atoms with van der Waals surface area (Å²) in [6.45, 7) is 0.831. The molecule has 4 rings (SSSR count). The van der Waals surface area contributed by atoms with E-state index in [9.17, 15) is 31.1 Å². The van der Waals surface area contributed by atoms with Gasteiger partial charge in [0.1, 0.15) is 17.0 Å². The van der Waals surface area contributed by atoms with Gasteiger partial charge in [0.2, 0.25) is 5.88 Å². The zero-order chi connectivity index (χ0) is 25.4. The van der Waals surface area contributed by atoms with Gasteiger partial charge in [-0.3, -0.25) is 4.79 Å². The van der Waals surface area contributed by atoms with Crippen LogP contribution < -0.4 is 15.4 Å². The molecule has 0 unspecified atom stereocenters. The lowest BCUT2D eigenvalue weighted by atomic mass is 10.1. The second-order valence-electron chi connectivity index (χ2n) is 7.67. The molecule has 2 N–H and O–H groups in total. The fraction of sp³-hybridized carbons (Fsp3) is 0.273. The number of halogens is 6. The number of aromatic nitrogens is 1. The van der Waals surface area contributed by atoms with Crippen LogP contribution in [0.15, 0.2) is 53.1 Å². The van der Waals surface area contributed by atoms with E-state index in [1.807, 2.05) is 0 Å². The number of hydrogen-bond acceptors (Lipinski definition) is 6. The van der Waals surface area contributed by atoms with Crippen LogP contribution in [0.5, 0.6) is 5.75 Å². The largest absolute Gasteiger partial charge is 0.573 e. The minimum absolute atomic E-state index is 0.0552. The summed E-state index contributed by atoms with van der Waals surface area (Å²) in [7, 11) is 0. The van der Waals surface area contributed by atoms with Gasteiger partial charge in [0.25, 0.3) is 5.91 Å². The quantitative estimate of drug-likeness (QED) is 0.518. The van der Waals surface area contributed by atoms with Crippen LogP contribution in [-0.2, 0) is 6.18 Å². The molecule has 1 aromatic heterocycles. The number of hydrogen-bond donors (Lipinski definition) is 1. The summed E-state index contributed by atoms with van der Waals surface area (Å²) in [5.74, 6) is -1.39. The molecule has 186 valence electrons. The predicted octanol–water partition coefficient (Wildman–Crippen LogP) is 4.80. The molecule has 0 atom stereocenters. The standard InChI is InChI=1S/C22H18F6N4O3/c23-21(24,25)14-4-2-5-15(12-14)31-7-9-32(10-8-31)20(33)17-18(30-35-19(17)29)13-3-1-6-16(11-13)34-22(26,27)28/h1-6,11-12H,7-10,29H2. The van der Waals surface area contributed by atoms with Crippen molar-refractivity contribution >= 4 is 17.5 Å². The number of benzene rings is 2. The lowest BCUT2D eigenvalue weighted by molar-refractivity contribution is -0.274. The Morgan fingerprint density at radius 3 is 2.31 bits per heavy atom. The first-order valence-electron chi connectivity index (χ1n) is 10.3. The molecule has 1 saturated heterocycles. The van der Waals surface area contributed by atoms with Gasteiger partial charge < -0.3 is 24.8 Å². The summed E-state index contributed by atoms with van der Waals surface area (Å²) in [4.78, 5) is 16.3. The normalized spacial score (nSPS) is 14.8. The maximum Gasteiger partial charge on any atom is 0.573 e. The molecule has 2 heterocycles.